The van der Waals surface area contributed by atoms with E-state index in [0.717, 1.165) is 58.7 Å². The van der Waals surface area contributed by atoms with Crippen molar-refractivity contribution >= 4 is 11.9 Å². The Hall–Kier alpha value is -2.80. The Bertz CT molecular complexity index is 1650. The van der Waals surface area contributed by atoms with Crippen LogP contribution in [0.15, 0.2) is 59.9 Å². The van der Waals surface area contributed by atoms with Gasteiger partial charge in [0.15, 0.2) is 5.57 Å². The monoisotopic (exact) mass is 601 g/mol. The van der Waals surface area contributed by atoms with Crippen LogP contribution in [0.3, 0.4) is 0 Å². The molecule has 2 aromatic carbocycles. The van der Waals surface area contributed by atoms with E-state index < -0.39 is 17.9 Å². The fraction of sp³-hybridized carbons (Fsp3) is 0.333. The summed E-state index contributed by atoms with van der Waals surface area (Å²) < 4.78 is 7.19. The molecule has 0 aliphatic carbocycles. The molecular weight excluding hydrogens is 568 g/mol. The third-order valence-electron chi connectivity index (χ3n) is 7.64. The Balaban J connectivity index is 0.00000176. The maximum Gasteiger partial charge on any atom is 1.00 e. The SMILES string of the molecule is CCCCc1nc2c(n1Cc1ccc(-c3ccccc3)c(-c3nn[nH]n3)c1)C1C(O)=C(C(=O)OCC)C(=O)N1CC2.[H-].[H-].[Na+].[Na+]. The second kappa shape index (κ2) is 14.3. The second-order valence-corrected chi connectivity index (χ2v) is 10.2. The first kappa shape index (κ1) is 33.1. The van der Waals surface area contributed by atoms with Gasteiger partial charge in [-0.2, -0.15) is 5.21 Å². The number of benzene rings is 2. The molecule has 0 bridgehead atoms. The molecule has 2 N–H and O–H groups in total. The Kier molecular flexibility index (Phi) is 11.0. The molecule has 0 saturated carbocycles. The Morgan fingerprint density at radius 3 is 2.63 bits per heavy atom. The standard InChI is InChI=1S/C30H31N7O4.2Na.2H/c1-3-5-11-23-31-22-14-15-36-26(27(38)24(29(36)39)30(40)41-4-2)25(22)37(23)17-18-12-13-20(19-9-7-6-8-10-19)21(16-18)28-32-34-35-33-28;;;;/h6-10,12-13,16,26,38H,3-5,11,14-15,17H2,1-2H3,(H,32,33,34,35);;;;/q;2*+1;2*-1. The molecule has 214 valence electrons. The third-order valence-corrected chi connectivity index (χ3v) is 7.64. The number of esters is 1. The number of hydrogen-bond donors (Lipinski definition) is 2. The smallest absolute Gasteiger partial charge is 1.00 e. The van der Waals surface area contributed by atoms with Crippen molar-refractivity contribution < 1.29 is 81.4 Å². The summed E-state index contributed by atoms with van der Waals surface area (Å²) in [5, 5.41) is 26.1. The normalized spacial score (nSPS) is 15.4. The summed E-state index contributed by atoms with van der Waals surface area (Å²) >= 11 is 0. The number of aliphatic hydroxyl groups excluding tert-OH is 1. The van der Waals surface area contributed by atoms with Crippen LogP contribution in [0.1, 0.15) is 58.4 Å². The average molecular weight is 602 g/mol. The number of imidazole rings is 1. The molecular formula is C30H33N7Na2O4. The van der Waals surface area contributed by atoms with Crippen LogP contribution < -0.4 is 59.1 Å². The zero-order chi connectivity index (χ0) is 28.5. The molecule has 0 fully saturated rings. The summed E-state index contributed by atoms with van der Waals surface area (Å²) in [6.07, 6.45) is 3.23. The van der Waals surface area contributed by atoms with E-state index in [4.69, 9.17) is 9.72 Å². The van der Waals surface area contributed by atoms with Gasteiger partial charge in [-0.05, 0) is 41.3 Å². The van der Waals surface area contributed by atoms with Crippen LogP contribution in [0.2, 0.25) is 0 Å². The minimum absolute atomic E-state index is 0. The fourth-order valence-corrected chi connectivity index (χ4v) is 5.75. The van der Waals surface area contributed by atoms with Gasteiger partial charge in [-0.1, -0.05) is 55.8 Å². The van der Waals surface area contributed by atoms with Gasteiger partial charge in [-0.15, -0.1) is 10.2 Å². The number of aryl methyl sites for hydroxylation is 1. The molecule has 2 aliphatic heterocycles. The Morgan fingerprint density at radius 1 is 1.14 bits per heavy atom. The van der Waals surface area contributed by atoms with Gasteiger partial charge in [0.05, 0.1) is 18.0 Å². The number of amides is 1. The zero-order valence-corrected chi connectivity index (χ0v) is 29.0. The molecule has 13 heteroatoms. The van der Waals surface area contributed by atoms with Crippen molar-refractivity contribution in [1.29, 1.82) is 0 Å². The third kappa shape index (κ3) is 6.25. The number of carbonyl (C=O) groups excluding carboxylic acids is 2. The van der Waals surface area contributed by atoms with Crippen LogP contribution in [0, 0.1) is 0 Å². The van der Waals surface area contributed by atoms with Crippen molar-refractivity contribution in [3.05, 3.63) is 82.6 Å². The van der Waals surface area contributed by atoms with Crippen LogP contribution in [0.4, 0.5) is 0 Å². The van der Waals surface area contributed by atoms with Gasteiger partial charge in [0.1, 0.15) is 17.6 Å². The van der Waals surface area contributed by atoms with Crippen LogP contribution in [-0.2, 0) is 33.7 Å². The molecule has 1 amide bonds. The van der Waals surface area contributed by atoms with Crippen LogP contribution in [0.5, 0.6) is 0 Å². The number of aliphatic hydroxyl groups is 1. The average Bonchev–Trinajstić information content (AvgIpc) is 3.70. The first-order chi connectivity index (χ1) is 20.0. The maximum atomic E-state index is 13.2. The quantitative estimate of drug-likeness (QED) is 0.130. The van der Waals surface area contributed by atoms with Gasteiger partial charge in [-0.25, -0.2) is 9.78 Å². The van der Waals surface area contributed by atoms with E-state index in [2.05, 4.69) is 38.2 Å². The number of fused-ring (bicyclic) bond motifs is 3. The number of tetrazole rings is 1. The molecule has 0 spiro atoms. The van der Waals surface area contributed by atoms with E-state index >= 15 is 0 Å². The van der Waals surface area contributed by atoms with Crippen LogP contribution >= 0.6 is 0 Å². The second-order valence-electron chi connectivity index (χ2n) is 10.2. The summed E-state index contributed by atoms with van der Waals surface area (Å²) in [4.78, 5) is 32.4. The number of hydrogen-bond acceptors (Lipinski definition) is 8. The molecule has 1 atom stereocenters. The van der Waals surface area contributed by atoms with E-state index in [0.29, 0.717) is 25.3 Å². The minimum Gasteiger partial charge on any atom is -1.00 e. The van der Waals surface area contributed by atoms with E-state index in [9.17, 15) is 14.7 Å². The molecule has 0 radical (unpaired) electrons. The minimum atomic E-state index is -0.801. The number of nitrogens with zero attached hydrogens (tertiary/aromatic N) is 6. The van der Waals surface area contributed by atoms with Crippen molar-refractivity contribution in [2.45, 2.75) is 52.1 Å². The fourth-order valence-electron chi connectivity index (χ4n) is 5.75. The van der Waals surface area contributed by atoms with Crippen molar-refractivity contribution in [2.24, 2.45) is 0 Å². The number of unbranched alkanes of at least 4 members (excludes halogenated alkanes) is 1. The first-order valence-corrected chi connectivity index (χ1v) is 13.9. The molecule has 0 saturated heterocycles. The van der Waals surface area contributed by atoms with E-state index in [-0.39, 0.29) is 79.9 Å². The number of nitrogens with one attached hydrogen (secondary N) is 1. The van der Waals surface area contributed by atoms with Gasteiger partial charge in [-0.3, -0.25) is 4.79 Å². The molecule has 2 aliphatic rings. The van der Waals surface area contributed by atoms with Gasteiger partial charge < -0.3 is 22.2 Å². The van der Waals surface area contributed by atoms with Crippen molar-refractivity contribution in [3.8, 4) is 22.5 Å². The molecule has 1 unspecified atom stereocenters. The first-order valence-electron chi connectivity index (χ1n) is 13.9. The topological polar surface area (TPSA) is 139 Å². The summed E-state index contributed by atoms with van der Waals surface area (Å²) in [7, 11) is 0. The Labute approximate surface area is 296 Å². The van der Waals surface area contributed by atoms with Gasteiger partial charge in [0.25, 0.3) is 5.91 Å². The van der Waals surface area contributed by atoms with E-state index in [1.54, 1.807) is 11.8 Å². The molecule has 11 nitrogen and oxygen atoms in total. The molecule has 2 aromatic heterocycles. The van der Waals surface area contributed by atoms with Crippen LogP contribution in [-0.4, -0.2) is 65.2 Å². The molecule has 43 heavy (non-hydrogen) atoms. The van der Waals surface area contributed by atoms with Gasteiger partial charge >= 0.3 is 65.1 Å². The number of H-pyrrole nitrogens is 1. The molecule has 4 aromatic rings. The number of aromatic amines is 1. The maximum absolute atomic E-state index is 13.2. The number of ether oxygens (including phenoxy) is 1. The molecule has 6 rings (SSSR count). The summed E-state index contributed by atoms with van der Waals surface area (Å²) in [6, 6.07) is 15.4. The van der Waals surface area contributed by atoms with Crippen molar-refractivity contribution in [3.63, 3.8) is 0 Å². The number of aromatic nitrogens is 6. The Morgan fingerprint density at radius 2 is 1.93 bits per heavy atom. The summed E-state index contributed by atoms with van der Waals surface area (Å²) in [5.74, 6) is -0.214. The van der Waals surface area contributed by atoms with E-state index in [1.807, 2.05) is 42.5 Å². The van der Waals surface area contributed by atoms with E-state index in [1.165, 1.54) is 0 Å². The van der Waals surface area contributed by atoms with Crippen molar-refractivity contribution in [1.82, 2.24) is 35.1 Å². The van der Waals surface area contributed by atoms with Gasteiger partial charge in [0, 0.05) is 31.5 Å². The predicted octanol–water partition coefficient (Wildman–Crippen LogP) is -1.83. The summed E-state index contributed by atoms with van der Waals surface area (Å²) in [5.41, 5.74) is 5.08. The largest absolute Gasteiger partial charge is 1.00 e. The van der Waals surface area contributed by atoms with Crippen molar-refractivity contribution in [2.75, 3.05) is 13.2 Å². The number of rotatable bonds is 9. The molecule has 4 heterocycles. The van der Waals surface area contributed by atoms with Gasteiger partial charge in [0.2, 0.25) is 5.82 Å². The number of carbonyl (C=O) groups is 2. The van der Waals surface area contributed by atoms with Crippen LogP contribution in [0.25, 0.3) is 22.5 Å². The predicted molar refractivity (Wildman–Crippen MR) is 152 cm³/mol. The summed E-state index contributed by atoms with van der Waals surface area (Å²) in [6.45, 7) is 4.72. The zero-order valence-electron chi connectivity index (χ0n) is 27.0.